The Bertz CT molecular complexity index is 2480. The summed E-state index contributed by atoms with van der Waals surface area (Å²) in [6.45, 7) is 16.8. The van der Waals surface area contributed by atoms with Crippen LogP contribution in [0.3, 0.4) is 0 Å². The number of fused-ring (bicyclic) bond motifs is 1. The van der Waals surface area contributed by atoms with E-state index in [0.29, 0.717) is 194 Å². The molecular weight excluding hydrogens is 1160 g/mol. The number of para-hydroxylation sites is 1. The lowest BCUT2D eigenvalue weighted by molar-refractivity contribution is -0.394. The fourth-order valence-corrected chi connectivity index (χ4v) is 10.5. The zero-order chi connectivity index (χ0) is 63.2. The standard InChI is InChI=1S/C33H44F3N3O3.C29H49N3O14/c1-23(2)32(15-11-26(21-32)37-25-13-18-41-19-14-25)31(40)39-16-12-29-24(22-39)20-28(33(34,35)36)30(38-29)10-6-7-17-42-27-8-4-3-5-9-27;1-26(33)30-6-8-39-10-12-41-14-16-43-18-20-45-22-24-46-23-21-44-19-17-42-15-13-40-11-9-38-7-2-3-27-4-5-28(31(34)35)25-29(27)32(36)37/h3-5,8-9,20,23,25-26,37H,6-7,10-19,21-22H2,1-2H3;4-5,25H,2-3,6-24H2,1H3,(H,30,33)/t26-,32-;/m0./s1. The Balaban J connectivity index is 0.000000321. The van der Waals surface area contributed by atoms with E-state index in [0.717, 1.165) is 57.1 Å². The van der Waals surface area contributed by atoms with Gasteiger partial charge in [-0.3, -0.25) is 34.8 Å². The zero-order valence-electron chi connectivity index (χ0n) is 51.5. The number of carbonyl (C=O) groups excluding carboxylic acids is 2. The summed E-state index contributed by atoms with van der Waals surface area (Å²) in [6, 6.07) is 15.0. The molecule has 0 bridgehead atoms. The molecule has 2 aliphatic heterocycles. The first kappa shape index (κ1) is 73.2. The second-order valence-electron chi connectivity index (χ2n) is 21.9. The summed E-state index contributed by atoms with van der Waals surface area (Å²) in [5.41, 5.74) is -0.00769. The number of unbranched alkanes of at least 4 members (excludes halogenated alkanes) is 1. The summed E-state index contributed by atoms with van der Waals surface area (Å²) in [6.07, 6.45) is 2.78. The van der Waals surface area contributed by atoms with Crippen LogP contribution in [0.2, 0.25) is 0 Å². The molecule has 2 atom stereocenters. The lowest BCUT2D eigenvalue weighted by Crippen LogP contribution is -2.49. The molecule has 0 spiro atoms. The molecule has 1 aliphatic carbocycles. The summed E-state index contributed by atoms with van der Waals surface area (Å²) < 4.78 is 102. The zero-order valence-corrected chi connectivity index (χ0v) is 51.5. The topological polar surface area (TPSA) is 262 Å². The maximum atomic E-state index is 14.2. The van der Waals surface area contributed by atoms with Gasteiger partial charge in [-0.05, 0) is 100.0 Å². The fourth-order valence-electron chi connectivity index (χ4n) is 10.5. The molecule has 1 saturated carbocycles. The van der Waals surface area contributed by atoms with Gasteiger partial charge in [-0.15, -0.1) is 0 Å². The van der Waals surface area contributed by atoms with Crippen molar-refractivity contribution < 1.29 is 84.7 Å². The highest BCUT2D eigenvalue weighted by Gasteiger charge is 2.50. The molecule has 1 aromatic heterocycles. The van der Waals surface area contributed by atoms with E-state index in [1.54, 1.807) is 4.90 Å². The molecule has 1 saturated heterocycles. The minimum Gasteiger partial charge on any atom is -0.494 e. The Morgan fingerprint density at radius 1 is 0.693 bits per heavy atom. The Labute approximate surface area is 514 Å². The number of aromatic nitrogens is 1. The van der Waals surface area contributed by atoms with Crippen LogP contribution in [0.5, 0.6) is 5.75 Å². The summed E-state index contributed by atoms with van der Waals surface area (Å²) in [4.78, 5) is 51.8. The molecule has 26 heteroatoms. The van der Waals surface area contributed by atoms with Crippen molar-refractivity contribution in [2.75, 3.05) is 152 Å². The highest BCUT2D eigenvalue weighted by molar-refractivity contribution is 5.84. The first-order chi connectivity index (χ1) is 42.6. The number of hydrogen-bond donors (Lipinski definition) is 2. The highest BCUT2D eigenvalue weighted by Crippen LogP contribution is 2.47. The number of non-ortho nitro benzene ring substituents is 1. The predicted molar refractivity (Wildman–Crippen MR) is 319 cm³/mol. The van der Waals surface area contributed by atoms with Gasteiger partial charge in [0.15, 0.2) is 0 Å². The lowest BCUT2D eigenvalue weighted by atomic mass is 9.74. The Hall–Kier alpha value is -5.52. The average Bonchev–Trinajstić information content (AvgIpc) is 1.59. The van der Waals surface area contributed by atoms with Crippen molar-refractivity contribution in [2.45, 2.75) is 116 Å². The molecule has 88 heavy (non-hydrogen) atoms. The van der Waals surface area contributed by atoms with Gasteiger partial charge in [0.25, 0.3) is 11.4 Å². The van der Waals surface area contributed by atoms with Gasteiger partial charge >= 0.3 is 6.18 Å². The molecule has 3 heterocycles. The number of ether oxygens (including phenoxy) is 11. The molecule has 0 radical (unpaired) electrons. The second kappa shape index (κ2) is 41.7. The van der Waals surface area contributed by atoms with E-state index in [9.17, 15) is 43.0 Å². The van der Waals surface area contributed by atoms with Crippen LogP contribution in [0.1, 0.15) is 100 Å². The smallest absolute Gasteiger partial charge is 0.418 e. The Morgan fingerprint density at radius 3 is 1.77 bits per heavy atom. The van der Waals surface area contributed by atoms with Crippen LogP contribution in [-0.4, -0.2) is 195 Å². The minimum atomic E-state index is -4.50. The number of nitrogens with zero attached hydrogens (tertiary/aromatic N) is 4. The van der Waals surface area contributed by atoms with Crippen molar-refractivity contribution in [1.29, 1.82) is 0 Å². The molecule has 3 aliphatic rings. The molecule has 2 N–H and O–H groups in total. The fraction of sp³-hybridized carbons (Fsp3) is 0.694. The number of benzene rings is 2. The maximum absolute atomic E-state index is 14.2. The van der Waals surface area contributed by atoms with Crippen molar-refractivity contribution in [3.05, 3.63) is 103 Å². The van der Waals surface area contributed by atoms with Crippen LogP contribution in [0.15, 0.2) is 54.6 Å². The van der Waals surface area contributed by atoms with E-state index < -0.39 is 27.0 Å². The second-order valence-corrected chi connectivity index (χ2v) is 21.9. The maximum Gasteiger partial charge on any atom is 0.418 e. The molecular formula is C62H93F3N6O17. The highest BCUT2D eigenvalue weighted by atomic mass is 19.4. The first-order valence-electron chi connectivity index (χ1n) is 30.8. The third-order valence-corrected chi connectivity index (χ3v) is 15.2. The number of carbonyl (C=O) groups is 2. The van der Waals surface area contributed by atoms with E-state index in [1.165, 1.54) is 25.1 Å². The van der Waals surface area contributed by atoms with Crippen LogP contribution < -0.4 is 15.4 Å². The van der Waals surface area contributed by atoms with Gasteiger partial charge in [0.1, 0.15) is 5.75 Å². The van der Waals surface area contributed by atoms with E-state index >= 15 is 0 Å². The van der Waals surface area contributed by atoms with Gasteiger partial charge in [-0.1, -0.05) is 32.0 Å². The van der Waals surface area contributed by atoms with E-state index in [2.05, 4.69) is 29.5 Å². The van der Waals surface area contributed by atoms with Crippen molar-refractivity contribution in [3.8, 4) is 5.75 Å². The third kappa shape index (κ3) is 27.7. The van der Waals surface area contributed by atoms with E-state index in [4.69, 9.17) is 52.1 Å². The molecule has 2 aromatic carbocycles. The van der Waals surface area contributed by atoms with Gasteiger partial charge in [0.05, 0.1) is 152 Å². The molecule has 3 aromatic rings. The van der Waals surface area contributed by atoms with Crippen LogP contribution >= 0.6 is 0 Å². The SMILES string of the molecule is CC(=O)NCCOCCOCCOCCOCCOCCOCCOCCOCCOCCCc1ccc([N+](=O)[O-])cc1[N+](=O)[O-].CC(C)[C@]1(C(=O)N2CCc3nc(CCCCOc4ccccc4)c(C(F)(F)F)cc3C2)CC[C@H](NC2CCOCC2)C1. The number of aryl methyl sites for hydroxylation is 2. The van der Waals surface area contributed by atoms with Crippen LogP contribution in [-0.2, 0) is 88.9 Å². The average molecular weight is 1250 g/mol. The van der Waals surface area contributed by atoms with Gasteiger partial charge in [0, 0.05) is 82.2 Å². The third-order valence-electron chi connectivity index (χ3n) is 15.2. The summed E-state index contributed by atoms with van der Waals surface area (Å²) >= 11 is 0. The number of nitro groups is 2. The van der Waals surface area contributed by atoms with Gasteiger partial charge in [-0.2, -0.15) is 13.2 Å². The van der Waals surface area contributed by atoms with E-state index in [1.807, 2.05) is 30.3 Å². The summed E-state index contributed by atoms with van der Waals surface area (Å²) in [7, 11) is 0. The molecule has 0 unspecified atom stereocenters. The number of alkyl halides is 3. The lowest BCUT2D eigenvalue weighted by Gasteiger charge is -2.40. The number of halogens is 3. The monoisotopic (exact) mass is 1250 g/mol. The summed E-state index contributed by atoms with van der Waals surface area (Å²) in [5, 5.41) is 28.4. The number of nitro benzene ring substituents is 2. The van der Waals surface area contributed by atoms with Gasteiger partial charge in [0.2, 0.25) is 11.8 Å². The molecule has 2 fully saturated rings. The van der Waals surface area contributed by atoms with Crippen molar-refractivity contribution in [3.63, 3.8) is 0 Å². The number of hydrogen-bond acceptors (Lipinski definition) is 19. The number of rotatable bonds is 43. The molecule has 2 amide bonds. The summed E-state index contributed by atoms with van der Waals surface area (Å²) in [5.74, 6) is 0.901. The van der Waals surface area contributed by atoms with Crippen LogP contribution in [0.25, 0.3) is 0 Å². The quantitative estimate of drug-likeness (QED) is 0.0308. The van der Waals surface area contributed by atoms with Crippen molar-refractivity contribution in [1.82, 2.24) is 20.5 Å². The van der Waals surface area contributed by atoms with Crippen molar-refractivity contribution >= 4 is 23.2 Å². The molecule has 494 valence electrons. The van der Waals surface area contributed by atoms with Gasteiger partial charge < -0.3 is 67.6 Å². The normalized spacial score (nSPS) is 16.9. The number of pyridine rings is 1. The molecule has 6 rings (SSSR count). The van der Waals surface area contributed by atoms with Gasteiger partial charge in [-0.25, -0.2) is 0 Å². The first-order valence-corrected chi connectivity index (χ1v) is 30.8. The Kier molecular flexibility index (Phi) is 34.7. The van der Waals surface area contributed by atoms with Crippen LogP contribution in [0.4, 0.5) is 24.5 Å². The van der Waals surface area contributed by atoms with E-state index in [-0.39, 0.29) is 53.8 Å². The number of amides is 2. The minimum absolute atomic E-state index is 0.0736. The number of nitrogens with one attached hydrogen (secondary N) is 2. The molecule has 23 nitrogen and oxygen atoms in total. The largest absolute Gasteiger partial charge is 0.494 e. The van der Waals surface area contributed by atoms with Crippen LogP contribution in [0, 0.1) is 31.6 Å². The Morgan fingerprint density at radius 2 is 1.25 bits per heavy atom. The predicted octanol–water partition coefficient (Wildman–Crippen LogP) is 8.07. The van der Waals surface area contributed by atoms with Crippen molar-refractivity contribution in [2.24, 2.45) is 11.3 Å².